The Hall–Kier alpha value is -1.35. The minimum absolute atomic E-state index is 0.0541. The number of hydrogen-bond donors (Lipinski definition) is 2. The van der Waals surface area contributed by atoms with Gasteiger partial charge >= 0.3 is 6.03 Å². The largest absolute Gasteiger partial charge is 0.376 e. The van der Waals surface area contributed by atoms with E-state index in [-0.39, 0.29) is 16.0 Å². The first-order chi connectivity index (χ1) is 12.7. The zero-order valence-corrected chi connectivity index (χ0v) is 17.6. The topological polar surface area (TPSA) is 87.7 Å². The molecular formula is C18H28ClN3O4S. The summed E-state index contributed by atoms with van der Waals surface area (Å²) in [7, 11) is -0.850. The molecule has 2 amide bonds. The molecule has 152 valence electrons. The van der Waals surface area contributed by atoms with Crippen LogP contribution in [-0.2, 0) is 14.8 Å². The molecule has 0 unspecified atom stereocenters. The summed E-state index contributed by atoms with van der Waals surface area (Å²) >= 11 is 6.00. The first kappa shape index (κ1) is 21.9. The fraction of sp³-hybridized carbons (Fsp3) is 0.611. The lowest BCUT2D eigenvalue weighted by Gasteiger charge is -2.28. The van der Waals surface area contributed by atoms with Crippen LogP contribution in [0.1, 0.15) is 32.6 Å². The van der Waals surface area contributed by atoms with Crippen LogP contribution in [0.4, 0.5) is 10.5 Å². The molecule has 1 saturated carbocycles. The molecule has 9 heteroatoms. The lowest BCUT2D eigenvalue weighted by molar-refractivity contribution is -0.00232. The van der Waals surface area contributed by atoms with E-state index >= 15 is 0 Å². The summed E-state index contributed by atoms with van der Waals surface area (Å²) in [5.41, 5.74) is 0.346. The van der Waals surface area contributed by atoms with Crippen molar-refractivity contribution in [1.29, 1.82) is 0 Å². The standard InChI is InChI=1S/C18H28ClN3O4S/c1-13-6-4-5-7-16(13)26-11-10-20-18(23)21-14-8-9-15(19)17(12-14)27(24,25)22(2)3/h8-9,12-13,16H,4-7,10-11H2,1-3H3,(H2,20,21,23)/t13-,16-/m0/s1. The van der Waals surface area contributed by atoms with Gasteiger partial charge < -0.3 is 15.4 Å². The number of halogens is 1. The molecule has 1 aliphatic rings. The highest BCUT2D eigenvalue weighted by Crippen LogP contribution is 2.27. The molecule has 1 aliphatic carbocycles. The SMILES string of the molecule is C[C@H]1CCCC[C@@H]1OCCNC(=O)Nc1ccc(Cl)c(S(=O)(=O)N(C)C)c1. The summed E-state index contributed by atoms with van der Waals surface area (Å²) < 4.78 is 31.5. The van der Waals surface area contributed by atoms with E-state index in [1.165, 1.54) is 45.5 Å². The highest BCUT2D eigenvalue weighted by molar-refractivity contribution is 7.89. The van der Waals surface area contributed by atoms with E-state index < -0.39 is 16.1 Å². The molecule has 2 atom stereocenters. The van der Waals surface area contributed by atoms with Crippen LogP contribution in [0, 0.1) is 5.92 Å². The van der Waals surface area contributed by atoms with Gasteiger partial charge in [-0.05, 0) is 37.0 Å². The monoisotopic (exact) mass is 417 g/mol. The van der Waals surface area contributed by atoms with Gasteiger partial charge in [-0.15, -0.1) is 0 Å². The summed E-state index contributed by atoms with van der Waals surface area (Å²) in [4.78, 5) is 12.0. The second-order valence-corrected chi connectivity index (χ2v) is 9.51. The van der Waals surface area contributed by atoms with Gasteiger partial charge in [-0.3, -0.25) is 0 Å². The van der Waals surface area contributed by atoms with E-state index in [0.717, 1.165) is 10.7 Å². The Morgan fingerprint density at radius 1 is 1.30 bits per heavy atom. The first-order valence-corrected chi connectivity index (χ1v) is 10.9. The number of ether oxygens (including phenoxy) is 1. The maximum absolute atomic E-state index is 12.3. The number of benzene rings is 1. The van der Waals surface area contributed by atoms with Crippen molar-refractivity contribution in [2.24, 2.45) is 5.92 Å². The van der Waals surface area contributed by atoms with Crippen LogP contribution in [-0.4, -0.2) is 52.1 Å². The molecule has 7 nitrogen and oxygen atoms in total. The Balaban J connectivity index is 1.85. The van der Waals surface area contributed by atoms with Crippen LogP contribution in [0.25, 0.3) is 0 Å². The zero-order chi connectivity index (χ0) is 20.0. The van der Waals surface area contributed by atoms with E-state index in [1.54, 1.807) is 6.07 Å². The summed E-state index contributed by atoms with van der Waals surface area (Å²) in [6.07, 6.45) is 4.97. The molecule has 0 aromatic heterocycles. The Labute approximate surface area is 166 Å². The summed E-state index contributed by atoms with van der Waals surface area (Å²) in [6, 6.07) is 3.92. The lowest BCUT2D eigenvalue weighted by Crippen LogP contribution is -2.34. The van der Waals surface area contributed by atoms with Crippen LogP contribution in [0.5, 0.6) is 0 Å². The Morgan fingerprint density at radius 3 is 2.67 bits per heavy atom. The molecule has 0 spiro atoms. The average molecular weight is 418 g/mol. The second-order valence-electron chi connectivity index (χ2n) is 6.98. The van der Waals surface area contributed by atoms with Gasteiger partial charge in [-0.25, -0.2) is 17.5 Å². The van der Waals surface area contributed by atoms with Gasteiger partial charge in [0.15, 0.2) is 0 Å². The van der Waals surface area contributed by atoms with Gasteiger partial charge in [-0.1, -0.05) is 31.4 Å². The lowest BCUT2D eigenvalue weighted by atomic mass is 9.88. The number of hydrogen-bond acceptors (Lipinski definition) is 4. The Morgan fingerprint density at radius 2 is 2.00 bits per heavy atom. The average Bonchev–Trinajstić information content (AvgIpc) is 2.61. The Bertz CT molecular complexity index is 755. The molecule has 1 fully saturated rings. The molecule has 0 radical (unpaired) electrons. The number of amides is 2. The van der Waals surface area contributed by atoms with Gasteiger partial charge in [0.25, 0.3) is 0 Å². The van der Waals surface area contributed by atoms with E-state index in [1.807, 2.05) is 0 Å². The van der Waals surface area contributed by atoms with E-state index in [2.05, 4.69) is 17.6 Å². The normalized spacial score (nSPS) is 20.5. The number of rotatable bonds is 7. The third-order valence-corrected chi connectivity index (χ3v) is 7.00. The van der Waals surface area contributed by atoms with Crippen molar-refractivity contribution in [2.75, 3.05) is 32.6 Å². The minimum Gasteiger partial charge on any atom is -0.376 e. The number of nitrogens with zero attached hydrogens (tertiary/aromatic N) is 1. The minimum atomic E-state index is -3.69. The molecule has 2 rings (SSSR count). The fourth-order valence-electron chi connectivity index (χ4n) is 3.06. The van der Waals surface area contributed by atoms with Gasteiger partial charge in [0.2, 0.25) is 10.0 Å². The van der Waals surface area contributed by atoms with Gasteiger partial charge in [0.05, 0.1) is 17.7 Å². The van der Waals surface area contributed by atoms with Crippen molar-refractivity contribution < 1.29 is 17.9 Å². The summed E-state index contributed by atoms with van der Waals surface area (Å²) in [5.74, 6) is 0.554. The van der Waals surface area contributed by atoms with Crippen molar-refractivity contribution in [2.45, 2.75) is 43.6 Å². The molecular weight excluding hydrogens is 390 g/mol. The summed E-state index contributed by atoms with van der Waals surface area (Å²) in [5, 5.41) is 5.44. The van der Waals surface area contributed by atoms with E-state index in [0.29, 0.717) is 24.8 Å². The van der Waals surface area contributed by atoms with Crippen LogP contribution in [0.3, 0.4) is 0 Å². The predicted octanol–water partition coefficient (Wildman–Crippen LogP) is 3.31. The van der Waals surface area contributed by atoms with E-state index in [9.17, 15) is 13.2 Å². The fourth-order valence-corrected chi connectivity index (χ4v) is 4.45. The quantitative estimate of drug-likeness (QED) is 0.666. The number of carbonyl (C=O) groups excluding carboxylic acids is 1. The number of anilines is 1. The molecule has 1 aromatic rings. The van der Waals surface area contributed by atoms with Crippen molar-refractivity contribution in [1.82, 2.24) is 9.62 Å². The molecule has 2 N–H and O–H groups in total. The maximum Gasteiger partial charge on any atom is 0.319 e. The molecule has 0 saturated heterocycles. The highest BCUT2D eigenvalue weighted by atomic mass is 35.5. The zero-order valence-electron chi connectivity index (χ0n) is 16.0. The number of urea groups is 1. The van der Waals surface area contributed by atoms with Crippen LogP contribution in [0.15, 0.2) is 23.1 Å². The summed E-state index contributed by atoms with van der Waals surface area (Å²) in [6.45, 7) is 3.03. The van der Waals surface area contributed by atoms with Crippen molar-refractivity contribution in [3.63, 3.8) is 0 Å². The smallest absolute Gasteiger partial charge is 0.319 e. The van der Waals surface area contributed by atoms with Gasteiger partial charge in [0, 0.05) is 26.3 Å². The molecule has 0 aliphatic heterocycles. The number of sulfonamides is 1. The van der Waals surface area contributed by atoms with Crippen LogP contribution in [0.2, 0.25) is 5.02 Å². The highest BCUT2D eigenvalue weighted by Gasteiger charge is 2.22. The first-order valence-electron chi connectivity index (χ1n) is 9.10. The van der Waals surface area contributed by atoms with E-state index in [4.69, 9.17) is 16.3 Å². The molecule has 27 heavy (non-hydrogen) atoms. The predicted molar refractivity (Wildman–Crippen MR) is 107 cm³/mol. The number of carbonyl (C=O) groups is 1. The van der Waals surface area contributed by atoms with Gasteiger partial charge in [-0.2, -0.15) is 0 Å². The molecule has 0 bridgehead atoms. The third-order valence-electron chi connectivity index (χ3n) is 4.70. The van der Waals surface area contributed by atoms with Gasteiger partial charge in [0.1, 0.15) is 4.90 Å². The molecule has 0 heterocycles. The molecule has 1 aromatic carbocycles. The van der Waals surface area contributed by atoms with Crippen LogP contribution >= 0.6 is 11.6 Å². The Kier molecular flexibility index (Phi) is 7.91. The number of nitrogens with one attached hydrogen (secondary N) is 2. The van der Waals surface area contributed by atoms with Crippen molar-refractivity contribution >= 4 is 33.3 Å². The third kappa shape index (κ3) is 6.07. The van der Waals surface area contributed by atoms with Crippen molar-refractivity contribution in [3.05, 3.63) is 23.2 Å². The maximum atomic E-state index is 12.3. The van der Waals surface area contributed by atoms with Crippen LogP contribution < -0.4 is 10.6 Å². The second kappa shape index (κ2) is 9.73. The van der Waals surface area contributed by atoms with Crippen molar-refractivity contribution in [3.8, 4) is 0 Å².